The number of amides is 1. The number of hydrogen-bond donors (Lipinski definition) is 1. The Labute approximate surface area is 212 Å². The molecule has 4 rings (SSSR count). The van der Waals surface area contributed by atoms with Gasteiger partial charge in [-0.25, -0.2) is 4.79 Å². The number of nitrogens with zero attached hydrogens (tertiary/aromatic N) is 2. The topological polar surface area (TPSA) is 71.0 Å². The van der Waals surface area contributed by atoms with Crippen LogP contribution in [0.4, 0.5) is 4.79 Å². The molecule has 3 saturated carbocycles. The summed E-state index contributed by atoms with van der Waals surface area (Å²) in [6.45, 7) is 13.6. The predicted octanol–water partition coefficient (Wildman–Crippen LogP) is 5.82. The molecule has 1 N–H and O–H groups in total. The number of likely N-dealkylation sites (N-methyl/N-ethyl adjacent to an activating group) is 1. The highest BCUT2D eigenvalue weighted by molar-refractivity contribution is 5.91. The average molecular weight is 486 g/mol. The minimum absolute atomic E-state index is 0.212. The first-order chi connectivity index (χ1) is 16.6. The average Bonchev–Trinajstić information content (AvgIpc) is 3.17. The van der Waals surface area contributed by atoms with Crippen molar-refractivity contribution in [3.8, 4) is 0 Å². The van der Waals surface area contributed by atoms with Crippen molar-refractivity contribution < 1.29 is 14.4 Å². The molecular formula is C29H47N3O3. The van der Waals surface area contributed by atoms with Crippen molar-refractivity contribution >= 4 is 17.6 Å². The van der Waals surface area contributed by atoms with Gasteiger partial charge >= 0.3 is 6.09 Å². The summed E-state index contributed by atoms with van der Waals surface area (Å²) >= 11 is 0. The molecule has 4 aliphatic rings. The van der Waals surface area contributed by atoms with E-state index in [0.717, 1.165) is 44.0 Å². The van der Waals surface area contributed by atoms with E-state index in [0.29, 0.717) is 42.4 Å². The normalized spacial score (nSPS) is 36.8. The van der Waals surface area contributed by atoms with Crippen molar-refractivity contribution in [3.05, 3.63) is 11.6 Å². The van der Waals surface area contributed by atoms with Gasteiger partial charge in [0.05, 0.1) is 5.71 Å². The van der Waals surface area contributed by atoms with Crippen LogP contribution >= 0.6 is 0 Å². The number of ketones is 1. The van der Waals surface area contributed by atoms with E-state index in [4.69, 9.17) is 4.84 Å². The molecule has 0 heterocycles. The van der Waals surface area contributed by atoms with Gasteiger partial charge in [-0.1, -0.05) is 38.4 Å². The van der Waals surface area contributed by atoms with Gasteiger partial charge < -0.3 is 10.2 Å². The Morgan fingerprint density at radius 1 is 1.17 bits per heavy atom. The zero-order valence-corrected chi connectivity index (χ0v) is 22.9. The molecular weight excluding hydrogens is 438 g/mol. The number of carbonyl (C=O) groups is 2. The van der Waals surface area contributed by atoms with Gasteiger partial charge in [-0.3, -0.25) is 9.63 Å². The smallest absolute Gasteiger partial charge is 0.315 e. The maximum absolute atomic E-state index is 12.5. The molecule has 196 valence electrons. The number of nitrogens with one attached hydrogen (secondary N) is 1. The molecule has 6 heteroatoms. The maximum Gasteiger partial charge on any atom is 0.435 e. The third kappa shape index (κ3) is 5.10. The third-order valence-corrected chi connectivity index (χ3v) is 10.2. The van der Waals surface area contributed by atoms with Gasteiger partial charge in [0.25, 0.3) is 0 Å². The van der Waals surface area contributed by atoms with Gasteiger partial charge in [-0.2, -0.15) is 0 Å². The van der Waals surface area contributed by atoms with Gasteiger partial charge in [0, 0.05) is 32.5 Å². The Morgan fingerprint density at radius 2 is 1.94 bits per heavy atom. The van der Waals surface area contributed by atoms with E-state index < -0.39 is 0 Å². The van der Waals surface area contributed by atoms with Gasteiger partial charge in [-0.15, -0.1) is 0 Å². The van der Waals surface area contributed by atoms with Crippen molar-refractivity contribution in [2.45, 2.75) is 86.0 Å². The molecule has 0 aromatic rings. The van der Waals surface area contributed by atoms with E-state index in [9.17, 15) is 9.59 Å². The Kier molecular flexibility index (Phi) is 7.80. The summed E-state index contributed by atoms with van der Waals surface area (Å²) in [6.07, 6.45) is 10.5. The number of rotatable bonds is 7. The van der Waals surface area contributed by atoms with Crippen molar-refractivity contribution in [1.29, 1.82) is 0 Å². The molecule has 3 fully saturated rings. The number of oxime groups is 1. The maximum atomic E-state index is 12.5. The van der Waals surface area contributed by atoms with Crippen molar-refractivity contribution in [2.75, 3.05) is 26.7 Å². The summed E-state index contributed by atoms with van der Waals surface area (Å²) in [5.74, 6) is 3.41. The second kappa shape index (κ2) is 10.4. The summed E-state index contributed by atoms with van der Waals surface area (Å²) in [6, 6.07) is 0. The largest absolute Gasteiger partial charge is 0.435 e. The fourth-order valence-electron chi connectivity index (χ4n) is 8.22. The van der Waals surface area contributed by atoms with Crippen LogP contribution < -0.4 is 5.32 Å². The molecule has 0 bridgehead atoms. The van der Waals surface area contributed by atoms with E-state index in [-0.39, 0.29) is 16.9 Å². The molecule has 0 radical (unpaired) electrons. The third-order valence-electron chi connectivity index (χ3n) is 10.2. The minimum atomic E-state index is -0.384. The molecule has 0 aromatic carbocycles. The standard InChI is InChI=1S/C29H47N3O3/c1-19(2)18-30-15-16-32(6)27(34)35-31-20(3)24-9-10-25-23-8-7-21-17-22(33)11-13-28(21,4)26(23)12-14-29(24,25)5/h17,19,23-26,30H,7-16,18H2,1-6H3/b31-20+/t23-,24+,25-,26-,28-,29+/m0/s1. The Balaban J connectivity index is 1.38. The molecule has 0 aliphatic heterocycles. The molecule has 0 aromatic heterocycles. The minimum Gasteiger partial charge on any atom is -0.315 e. The summed E-state index contributed by atoms with van der Waals surface area (Å²) in [5.41, 5.74) is 2.83. The first-order valence-electron chi connectivity index (χ1n) is 14.0. The van der Waals surface area contributed by atoms with Crippen LogP contribution in [0.5, 0.6) is 0 Å². The van der Waals surface area contributed by atoms with Gasteiger partial charge in [0.1, 0.15) is 0 Å². The monoisotopic (exact) mass is 485 g/mol. The first-order valence-corrected chi connectivity index (χ1v) is 14.0. The van der Waals surface area contributed by atoms with E-state index in [1.54, 1.807) is 11.9 Å². The summed E-state index contributed by atoms with van der Waals surface area (Å²) in [5, 5.41) is 7.73. The highest BCUT2D eigenvalue weighted by Crippen LogP contribution is 2.66. The van der Waals surface area contributed by atoms with Crippen LogP contribution in [0.1, 0.15) is 86.0 Å². The lowest BCUT2D eigenvalue weighted by Gasteiger charge is -2.58. The Bertz CT molecular complexity index is 880. The molecule has 0 spiro atoms. The van der Waals surface area contributed by atoms with Gasteiger partial charge in [0.15, 0.2) is 5.78 Å². The van der Waals surface area contributed by atoms with E-state index >= 15 is 0 Å². The van der Waals surface area contributed by atoms with E-state index in [2.05, 4.69) is 45.1 Å². The number of fused-ring (bicyclic) bond motifs is 5. The van der Waals surface area contributed by atoms with Gasteiger partial charge in [0.2, 0.25) is 0 Å². The Morgan fingerprint density at radius 3 is 2.69 bits per heavy atom. The SMILES string of the molecule is C/C(=N\OC(=O)N(C)CCNCC(C)C)[C@H]1CC[C@H]2[C@@H]3CCC4=CC(=O)CC[C@]4(C)[C@H]3CC[C@]12C. The predicted molar refractivity (Wildman–Crippen MR) is 140 cm³/mol. The van der Waals surface area contributed by atoms with Crippen LogP contribution in [0, 0.1) is 40.4 Å². The molecule has 1 amide bonds. The first kappa shape index (κ1) is 26.4. The fourth-order valence-corrected chi connectivity index (χ4v) is 8.22. The summed E-state index contributed by atoms with van der Waals surface area (Å²) in [7, 11) is 1.77. The lowest BCUT2D eigenvalue weighted by Crippen LogP contribution is -2.51. The molecule has 0 saturated heterocycles. The Hall–Kier alpha value is -1.69. The van der Waals surface area contributed by atoms with Crippen molar-refractivity contribution in [3.63, 3.8) is 0 Å². The number of hydrogen-bond acceptors (Lipinski definition) is 5. The molecule has 0 unspecified atom stereocenters. The van der Waals surface area contributed by atoms with Crippen LogP contribution in [0.15, 0.2) is 16.8 Å². The van der Waals surface area contributed by atoms with Gasteiger partial charge in [-0.05, 0) is 99.0 Å². The van der Waals surface area contributed by atoms with E-state index in [1.807, 2.05) is 6.08 Å². The van der Waals surface area contributed by atoms with Crippen molar-refractivity contribution in [1.82, 2.24) is 10.2 Å². The zero-order chi connectivity index (χ0) is 25.4. The van der Waals surface area contributed by atoms with Crippen molar-refractivity contribution in [2.24, 2.45) is 45.6 Å². The van der Waals surface area contributed by atoms with E-state index in [1.165, 1.54) is 31.3 Å². The van der Waals surface area contributed by atoms with Crippen LogP contribution in [0.2, 0.25) is 0 Å². The molecule has 4 aliphatic carbocycles. The van der Waals surface area contributed by atoms with Crippen LogP contribution in [-0.4, -0.2) is 49.2 Å². The van der Waals surface area contributed by atoms with Crippen LogP contribution in [-0.2, 0) is 9.63 Å². The quantitative estimate of drug-likeness (QED) is 0.213. The second-order valence-electron chi connectivity index (χ2n) is 12.8. The number of carbonyl (C=O) groups excluding carboxylic acids is 2. The number of allylic oxidation sites excluding steroid dienone is 1. The second-order valence-corrected chi connectivity index (χ2v) is 12.8. The lowest BCUT2D eigenvalue weighted by atomic mass is 9.46. The fraction of sp³-hybridized carbons (Fsp3) is 0.828. The molecule has 6 atom stereocenters. The summed E-state index contributed by atoms with van der Waals surface area (Å²) < 4.78 is 0. The highest BCUT2D eigenvalue weighted by Gasteiger charge is 2.59. The lowest BCUT2D eigenvalue weighted by molar-refractivity contribution is -0.117. The zero-order valence-electron chi connectivity index (χ0n) is 22.9. The molecule has 6 nitrogen and oxygen atoms in total. The van der Waals surface area contributed by atoms with Crippen LogP contribution in [0.25, 0.3) is 0 Å². The molecule has 35 heavy (non-hydrogen) atoms. The summed E-state index contributed by atoms with van der Waals surface area (Å²) in [4.78, 5) is 31.5. The highest BCUT2D eigenvalue weighted by atomic mass is 16.7. The van der Waals surface area contributed by atoms with Crippen LogP contribution in [0.3, 0.4) is 0 Å².